The molecule has 1 heterocycles. The second-order valence-electron chi connectivity index (χ2n) is 5.32. The number of aromatic nitrogens is 1. The fraction of sp³-hybridized carbons (Fsp3) is 0.158. The highest BCUT2D eigenvalue weighted by molar-refractivity contribution is 5.89. The molecule has 3 aromatic rings. The summed E-state index contributed by atoms with van der Waals surface area (Å²) in [6.45, 7) is 0.175. The first-order valence-electron chi connectivity index (χ1n) is 7.74. The molecule has 0 radical (unpaired) electrons. The second kappa shape index (κ2) is 8.12. The third kappa shape index (κ3) is 4.68. The minimum atomic E-state index is -0.370. The SMILES string of the molecule is O=C(OCc1cccc(OCc2cc(CO)no2)c1)c1ccccc1. The van der Waals surface area contributed by atoms with E-state index in [4.69, 9.17) is 19.1 Å². The van der Waals surface area contributed by atoms with Gasteiger partial charge >= 0.3 is 5.97 Å². The maximum atomic E-state index is 12.0. The number of aliphatic hydroxyl groups excluding tert-OH is 1. The van der Waals surface area contributed by atoms with Crippen molar-refractivity contribution >= 4 is 5.97 Å². The number of carbonyl (C=O) groups excluding carboxylic acids is 1. The van der Waals surface area contributed by atoms with Gasteiger partial charge in [-0.3, -0.25) is 0 Å². The van der Waals surface area contributed by atoms with E-state index in [0.717, 1.165) is 5.56 Å². The van der Waals surface area contributed by atoms with Crippen molar-refractivity contribution in [2.24, 2.45) is 0 Å². The molecule has 0 spiro atoms. The number of hydrogen-bond donors (Lipinski definition) is 1. The Bertz CT molecular complexity index is 829. The van der Waals surface area contributed by atoms with Gasteiger partial charge in [0.05, 0.1) is 12.2 Å². The quantitative estimate of drug-likeness (QED) is 0.666. The molecule has 1 aromatic heterocycles. The molecule has 128 valence electrons. The topological polar surface area (TPSA) is 81.8 Å². The van der Waals surface area contributed by atoms with Crippen LogP contribution in [0.3, 0.4) is 0 Å². The molecular formula is C19H17NO5. The molecular weight excluding hydrogens is 322 g/mol. The zero-order valence-corrected chi connectivity index (χ0v) is 13.4. The fourth-order valence-electron chi connectivity index (χ4n) is 2.18. The van der Waals surface area contributed by atoms with Gasteiger partial charge in [-0.05, 0) is 29.8 Å². The van der Waals surface area contributed by atoms with E-state index in [1.165, 1.54) is 0 Å². The van der Waals surface area contributed by atoms with Gasteiger partial charge < -0.3 is 19.1 Å². The predicted molar refractivity (Wildman–Crippen MR) is 88.8 cm³/mol. The molecule has 6 heteroatoms. The van der Waals surface area contributed by atoms with Crippen molar-refractivity contribution in [3.05, 3.63) is 83.2 Å². The fourth-order valence-corrected chi connectivity index (χ4v) is 2.18. The van der Waals surface area contributed by atoms with Crippen LogP contribution in [0.25, 0.3) is 0 Å². The molecule has 0 aliphatic rings. The summed E-state index contributed by atoms with van der Waals surface area (Å²) in [5.41, 5.74) is 1.79. The molecule has 0 aliphatic heterocycles. The number of ether oxygens (including phenoxy) is 2. The Labute approximate surface area is 144 Å². The third-order valence-corrected chi connectivity index (χ3v) is 3.43. The normalized spacial score (nSPS) is 10.4. The number of hydrogen-bond acceptors (Lipinski definition) is 6. The maximum Gasteiger partial charge on any atom is 0.338 e. The zero-order valence-electron chi connectivity index (χ0n) is 13.4. The van der Waals surface area contributed by atoms with Crippen LogP contribution in [0.15, 0.2) is 65.2 Å². The van der Waals surface area contributed by atoms with E-state index in [1.54, 1.807) is 42.5 Å². The second-order valence-corrected chi connectivity index (χ2v) is 5.32. The standard InChI is InChI=1S/C19H17NO5/c21-11-16-10-18(25-20-16)13-23-17-8-4-5-14(9-17)12-24-19(22)15-6-2-1-3-7-15/h1-10,21H,11-13H2. The Kier molecular flexibility index (Phi) is 5.43. The predicted octanol–water partition coefficient (Wildman–Crippen LogP) is 3.10. The molecule has 0 unspecified atom stereocenters. The number of benzene rings is 2. The van der Waals surface area contributed by atoms with Crippen molar-refractivity contribution in [1.82, 2.24) is 5.16 Å². The Morgan fingerprint density at radius 2 is 1.88 bits per heavy atom. The lowest BCUT2D eigenvalue weighted by molar-refractivity contribution is 0.0472. The summed E-state index contributed by atoms with van der Waals surface area (Å²) in [4.78, 5) is 12.0. The molecule has 2 aromatic carbocycles. The van der Waals surface area contributed by atoms with Crippen LogP contribution >= 0.6 is 0 Å². The minimum Gasteiger partial charge on any atom is -0.486 e. The van der Waals surface area contributed by atoms with Gasteiger partial charge in [-0.25, -0.2) is 4.79 Å². The monoisotopic (exact) mass is 339 g/mol. The van der Waals surface area contributed by atoms with Crippen LogP contribution in [-0.4, -0.2) is 16.2 Å². The molecule has 0 atom stereocenters. The van der Waals surface area contributed by atoms with Crippen molar-refractivity contribution < 1.29 is 23.9 Å². The van der Waals surface area contributed by atoms with Gasteiger partial charge in [0.1, 0.15) is 24.7 Å². The van der Waals surface area contributed by atoms with E-state index in [9.17, 15) is 4.79 Å². The molecule has 0 saturated carbocycles. The smallest absolute Gasteiger partial charge is 0.338 e. The minimum absolute atomic E-state index is 0.155. The summed E-state index contributed by atoms with van der Waals surface area (Å²) in [7, 11) is 0. The first kappa shape index (κ1) is 16.7. The molecule has 0 bridgehead atoms. The Morgan fingerprint density at radius 1 is 1.04 bits per heavy atom. The lowest BCUT2D eigenvalue weighted by Crippen LogP contribution is -2.05. The van der Waals surface area contributed by atoms with Crippen LogP contribution < -0.4 is 4.74 Å². The van der Waals surface area contributed by atoms with Crippen molar-refractivity contribution in [2.75, 3.05) is 0 Å². The van der Waals surface area contributed by atoms with E-state index in [0.29, 0.717) is 22.8 Å². The summed E-state index contributed by atoms with van der Waals surface area (Å²) in [6, 6.07) is 17.7. The highest BCUT2D eigenvalue weighted by Gasteiger charge is 2.08. The van der Waals surface area contributed by atoms with Gasteiger partial charge in [0.15, 0.2) is 5.76 Å². The molecule has 0 saturated heterocycles. The van der Waals surface area contributed by atoms with Crippen LogP contribution in [0.1, 0.15) is 27.4 Å². The maximum absolute atomic E-state index is 12.0. The largest absolute Gasteiger partial charge is 0.486 e. The highest BCUT2D eigenvalue weighted by Crippen LogP contribution is 2.17. The summed E-state index contributed by atoms with van der Waals surface area (Å²) >= 11 is 0. The first-order chi connectivity index (χ1) is 12.2. The van der Waals surface area contributed by atoms with Crippen LogP contribution in [0, 0.1) is 0 Å². The summed E-state index contributed by atoms with van der Waals surface area (Å²) in [6.07, 6.45) is 0. The number of carbonyl (C=O) groups is 1. The molecule has 0 amide bonds. The van der Waals surface area contributed by atoms with Gasteiger partial charge in [0, 0.05) is 6.07 Å². The van der Waals surface area contributed by atoms with Gasteiger partial charge in [-0.15, -0.1) is 0 Å². The van der Waals surface area contributed by atoms with E-state index >= 15 is 0 Å². The highest BCUT2D eigenvalue weighted by atomic mass is 16.5. The lowest BCUT2D eigenvalue weighted by Gasteiger charge is -2.08. The summed E-state index contributed by atoms with van der Waals surface area (Å²) < 4.78 is 16.0. The number of nitrogens with zero attached hydrogens (tertiary/aromatic N) is 1. The van der Waals surface area contributed by atoms with E-state index in [2.05, 4.69) is 5.16 Å². The van der Waals surface area contributed by atoms with Crippen LogP contribution in [0.2, 0.25) is 0 Å². The van der Waals surface area contributed by atoms with Gasteiger partial charge in [0.2, 0.25) is 0 Å². The average molecular weight is 339 g/mol. The molecule has 0 fully saturated rings. The van der Waals surface area contributed by atoms with Crippen LogP contribution in [-0.2, 0) is 24.6 Å². The Balaban J connectivity index is 1.55. The van der Waals surface area contributed by atoms with Crippen LogP contribution in [0.4, 0.5) is 0 Å². The average Bonchev–Trinajstić information content (AvgIpc) is 3.14. The van der Waals surface area contributed by atoms with E-state index in [-0.39, 0.29) is 25.8 Å². The molecule has 25 heavy (non-hydrogen) atoms. The van der Waals surface area contributed by atoms with E-state index in [1.807, 2.05) is 18.2 Å². The Hall–Kier alpha value is -3.12. The lowest BCUT2D eigenvalue weighted by atomic mass is 10.2. The number of rotatable bonds is 7. The molecule has 0 aliphatic carbocycles. The molecule has 1 N–H and O–H groups in total. The van der Waals surface area contributed by atoms with E-state index < -0.39 is 0 Å². The molecule has 3 rings (SSSR count). The van der Waals surface area contributed by atoms with Gasteiger partial charge in [-0.1, -0.05) is 35.5 Å². The summed E-state index contributed by atoms with van der Waals surface area (Å²) in [5.74, 6) is 0.769. The Morgan fingerprint density at radius 3 is 2.64 bits per heavy atom. The van der Waals surface area contributed by atoms with Crippen molar-refractivity contribution in [3.63, 3.8) is 0 Å². The first-order valence-corrected chi connectivity index (χ1v) is 7.74. The van der Waals surface area contributed by atoms with Gasteiger partial charge in [-0.2, -0.15) is 0 Å². The van der Waals surface area contributed by atoms with Gasteiger partial charge in [0.25, 0.3) is 0 Å². The number of esters is 1. The zero-order chi connectivity index (χ0) is 17.5. The van der Waals surface area contributed by atoms with Crippen molar-refractivity contribution in [3.8, 4) is 5.75 Å². The third-order valence-electron chi connectivity index (χ3n) is 3.43. The number of aliphatic hydroxyl groups is 1. The summed E-state index contributed by atoms with van der Waals surface area (Å²) in [5, 5.41) is 12.6. The van der Waals surface area contributed by atoms with Crippen molar-refractivity contribution in [2.45, 2.75) is 19.8 Å². The van der Waals surface area contributed by atoms with Crippen molar-refractivity contribution in [1.29, 1.82) is 0 Å². The van der Waals surface area contributed by atoms with Crippen LogP contribution in [0.5, 0.6) is 5.75 Å². The molecule has 6 nitrogen and oxygen atoms in total.